The highest BCUT2D eigenvalue weighted by atomic mass is 16.4. The highest BCUT2D eigenvalue weighted by Crippen LogP contribution is 2.32. The van der Waals surface area contributed by atoms with Gasteiger partial charge in [0.2, 0.25) is 0 Å². The highest BCUT2D eigenvalue weighted by molar-refractivity contribution is 5.82. The molecule has 0 aliphatic carbocycles. The van der Waals surface area contributed by atoms with Gasteiger partial charge in [0.1, 0.15) is 11.3 Å². The van der Waals surface area contributed by atoms with Crippen molar-refractivity contribution in [3.05, 3.63) is 75.6 Å². The Morgan fingerprint density at radius 2 is 1.83 bits per heavy atom. The first-order chi connectivity index (χ1) is 14.0. The number of likely N-dealkylation sites (tertiary alicyclic amines) is 1. The van der Waals surface area contributed by atoms with Crippen LogP contribution >= 0.6 is 0 Å². The molecule has 0 spiro atoms. The Hall–Kier alpha value is -2.63. The van der Waals surface area contributed by atoms with Gasteiger partial charge >= 0.3 is 5.63 Å². The van der Waals surface area contributed by atoms with E-state index in [1.807, 2.05) is 43.3 Å². The molecule has 1 aliphatic rings. The molecule has 0 amide bonds. The lowest BCUT2D eigenvalue weighted by Gasteiger charge is -2.34. The SMILES string of the molecule is CCc1cc2c(CN3CCC(C(O)c4ccccc4)CC3)cc(=O)oc2cc1O. The lowest BCUT2D eigenvalue weighted by atomic mass is 9.87. The van der Waals surface area contributed by atoms with E-state index in [0.29, 0.717) is 18.5 Å². The Kier molecular flexibility index (Phi) is 5.69. The third-order valence-corrected chi connectivity index (χ3v) is 6.02. The molecule has 1 unspecified atom stereocenters. The summed E-state index contributed by atoms with van der Waals surface area (Å²) in [5, 5.41) is 21.7. The van der Waals surface area contributed by atoms with Crippen LogP contribution in [0.25, 0.3) is 11.0 Å². The van der Waals surface area contributed by atoms with Gasteiger partial charge < -0.3 is 14.6 Å². The number of aromatic hydroxyl groups is 1. The number of rotatable bonds is 5. The van der Waals surface area contributed by atoms with Crippen molar-refractivity contribution < 1.29 is 14.6 Å². The van der Waals surface area contributed by atoms with Gasteiger partial charge in [0.25, 0.3) is 0 Å². The van der Waals surface area contributed by atoms with Crippen molar-refractivity contribution in [3.63, 3.8) is 0 Å². The molecular weight excluding hydrogens is 366 g/mol. The van der Waals surface area contributed by atoms with E-state index in [1.165, 1.54) is 0 Å². The zero-order chi connectivity index (χ0) is 20.4. The Balaban J connectivity index is 1.49. The molecule has 5 nitrogen and oxygen atoms in total. The molecule has 2 aromatic carbocycles. The van der Waals surface area contributed by atoms with Crippen molar-refractivity contribution in [2.75, 3.05) is 13.1 Å². The van der Waals surface area contributed by atoms with Crippen LogP contribution in [0.4, 0.5) is 0 Å². The maximum atomic E-state index is 12.0. The summed E-state index contributed by atoms with van der Waals surface area (Å²) >= 11 is 0. The van der Waals surface area contributed by atoms with E-state index in [4.69, 9.17) is 4.42 Å². The fourth-order valence-corrected chi connectivity index (χ4v) is 4.31. The molecule has 1 atom stereocenters. The molecule has 1 aromatic heterocycles. The lowest BCUT2D eigenvalue weighted by Crippen LogP contribution is -2.35. The van der Waals surface area contributed by atoms with E-state index >= 15 is 0 Å². The summed E-state index contributed by atoms with van der Waals surface area (Å²) in [5.74, 6) is 0.408. The summed E-state index contributed by atoms with van der Waals surface area (Å²) in [6.07, 6.45) is 2.11. The quantitative estimate of drug-likeness (QED) is 0.641. The third kappa shape index (κ3) is 4.21. The molecule has 4 rings (SSSR count). The van der Waals surface area contributed by atoms with Crippen LogP contribution < -0.4 is 5.63 Å². The molecule has 1 aliphatic heterocycles. The van der Waals surface area contributed by atoms with Gasteiger partial charge in [-0.05, 0) is 61.0 Å². The largest absolute Gasteiger partial charge is 0.508 e. The number of aliphatic hydroxyl groups is 1. The second-order valence-corrected chi connectivity index (χ2v) is 7.89. The molecule has 1 saturated heterocycles. The number of phenolic OH excluding ortho intramolecular Hbond substituents is 1. The maximum Gasteiger partial charge on any atom is 0.336 e. The second-order valence-electron chi connectivity index (χ2n) is 7.89. The van der Waals surface area contributed by atoms with Gasteiger partial charge in [0.05, 0.1) is 6.10 Å². The first-order valence-corrected chi connectivity index (χ1v) is 10.3. The van der Waals surface area contributed by atoms with Crippen LogP contribution in [-0.2, 0) is 13.0 Å². The Bertz CT molecular complexity index is 1040. The van der Waals surface area contributed by atoms with E-state index in [-0.39, 0.29) is 11.7 Å². The first-order valence-electron chi connectivity index (χ1n) is 10.3. The number of aryl methyl sites for hydroxylation is 1. The fourth-order valence-electron chi connectivity index (χ4n) is 4.31. The van der Waals surface area contributed by atoms with Crippen molar-refractivity contribution >= 4 is 11.0 Å². The molecule has 1 fully saturated rings. The predicted octanol–water partition coefficient (Wildman–Crippen LogP) is 4.01. The van der Waals surface area contributed by atoms with Crippen LogP contribution in [0, 0.1) is 5.92 Å². The first kappa shape index (κ1) is 19.7. The van der Waals surface area contributed by atoms with E-state index < -0.39 is 11.7 Å². The van der Waals surface area contributed by atoms with E-state index in [1.54, 1.807) is 12.1 Å². The number of phenols is 1. The molecular formula is C24H27NO4. The molecule has 3 aromatic rings. The van der Waals surface area contributed by atoms with Gasteiger partial charge in [0.15, 0.2) is 0 Å². The molecule has 2 N–H and O–H groups in total. The number of hydrogen-bond donors (Lipinski definition) is 2. The van der Waals surface area contributed by atoms with Crippen molar-refractivity contribution in [1.82, 2.24) is 4.90 Å². The smallest absolute Gasteiger partial charge is 0.336 e. The zero-order valence-electron chi connectivity index (χ0n) is 16.7. The standard InChI is InChI=1S/C24H27NO4/c1-2-16-12-20-19(13-23(27)29-22(20)14-21(16)26)15-25-10-8-18(9-11-25)24(28)17-6-4-3-5-7-17/h3-7,12-14,18,24,26,28H,2,8-11,15H2,1H3. The van der Waals surface area contributed by atoms with E-state index in [2.05, 4.69) is 4.90 Å². The fraction of sp³-hybridized carbons (Fsp3) is 0.375. The van der Waals surface area contributed by atoms with Crippen molar-refractivity contribution in [1.29, 1.82) is 0 Å². The number of piperidine rings is 1. The minimum atomic E-state index is -0.432. The van der Waals surface area contributed by atoms with Crippen LogP contribution in [0.1, 0.15) is 42.6 Å². The van der Waals surface area contributed by atoms with Gasteiger partial charge in [-0.15, -0.1) is 0 Å². The lowest BCUT2D eigenvalue weighted by molar-refractivity contribution is 0.0568. The average Bonchev–Trinajstić information content (AvgIpc) is 2.74. The summed E-state index contributed by atoms with van der Waals surface area (Å²) in [6, 6.07) is 14.9. The van der Waals surface area contributed by atoms with E-state index in [0.717, 1.165) is 48.0 Å². The van der Waals surface area contributed by atoms with Crippen LogP contribution in [-0.4, -0.2) is 28.2 Å². The number of hydrogen-bond acceptors (Lipinski definition) is 5. The van der Waals surface area contributed by atoms with Crippen molar-refractivity contribution in [3.8, 4) is 5.75 Å². The molecule has 0 bridgehead atoms. The number of benzene rings is 2. The van der Waals surface area contributed by atoms with Gasteiger partial charge in [-0.25, -0.2) is 4.79 Å². The molecule has 0 radical (unpaired) electrons. The summed E-state index contributed by atoms with van der Waals surface area (Å²) in [6.45, 7) is 4.39. The summed E-state index contributed by atoms with van der Waals surface area (Å²) in [4.78, 5) is 14.3. The maximum absolute atomic E-state index is 12.0. The Morgan fingerprint density at radius 3 is 2.52 bits per heavy atom. The minimum absolute atomic E-state index is 0.163. The molecule has 2 heterocycles. The monoisotopic (exact) mass is 393 g/mol. The molecule has 29 heavy (non-hydrogen) atoms. The van der Waals surface area contributed by atoms with Gasteiger partial charge in [-0.1, -0.05) is 37.3 Å². The normalized spacial score (nSPS) is 16.9. The van der Waals surface area contributed by atoms with Gasteiger partial charge in [-0.2, -0.15) is 0 Å². The van der Waals surface area contributed by atoms with Gasteiger partial charge in [-0.3, -0.25) is 4.90 Å². The van der Waals surface area contributed by atoms with Crippen LogP contribution in [0.3, 0.4) is 0 Å². The van der Waals surface area contributed by atoms with Crippen LogP contribution in [0.15, 0.2) is 57.7 Å². The number of aliphatic hydroxyl groups excluding tert-OH is 1. The Morgan fingerprint density at radius 1 is 1.10 bits per heavy atom. The molecule has 5 heteroatoms. The third-order valence-electron chi connectivity index (χ3n) is 6.02. The van der Waals surface area contributed by atoms with Crippen LogP contribution in [0.5, 0.6) is 5.75 Å². The predicted molar refractivity (Wildman–Crippen MR) is 113 cm³/mol. The van der Waals surface area contributed by atoms with Crippen molar-refractivity contribution in [2.45, 2.75) is 38.8 Å². The molecule has 0 saturated carbocycles. The topological polar surface area (TPSA) is 73.9 Å². The summed E-state index contributed by atoms with van der Waals surface area (Å²) in [7, 11) is 0. The zero-order valence-corrected chi connectivity index (χ0v) is 16.7. The van der Waals surface area contributed by atoms with Crippen molar-refractivity contribution in [2.24, 2.45) is 5.92 Å². The molecule has 152 valence electrons. The van der Waals surface area contributed by atoms with Gasteiger partial charge in [0, 0.05) is 24.1 Å². The summed E-state index contributed by atoms with van der Waals surface area (Å²) < 4.78 is 5.30. The summed E-state index contributed by atoms with van der Waals surface area (Å²) in [5.41, 5.74) is 2.77. The number of fused-ring (bicyclic) bond motifs is 1. The van der Waals surface area contributed by atoms with Crippen LogP contribution in [0.2, 0.25) is 0 Å². The Labute approximate surface area is 170 Å². The average molecular weight is 393 g/mol. The highest BCUT2D eigenvalue weighted by Gasteiger charge is 2.26. The minimum Gasteiger partial charge on any atom is -0.508 e. The van der Waals surface area contributed by atoms with E-state index in [9.17, 15) is 15.0 Å². The number of nitrogens with zero attached hydrogens (tertiary/aromatic N) is 1. The second kappa shape index (κ2) is 8.39.